The minimum Gasteiger partial charge on any atom is -0.494 e. The molecular formula is C28H28N2O7S. The number of carbonyl (C=O) groups excluding carboxylic acids is 2. The van der Waals surface area contributed by atoms with E-state index in [2.05, 4.69) is 4.99 Å². The van der Waals surface area contributed by atoms with Crippen LogP contribution in [0.25, 0.3) is 6.08 Å². The Morgan fingerprint density at radius 1 is 1.08 bits per heavy atom. The summed E-state index contributed by atoms with van der Waals surface area (Å²) in [7, 11) is 1.47. The average Bonchev–Trinajstić information content (AvgIpc) is 3.18. The van der Waals surface area contributed by atoms with Crippen LogP contribution >= 0.6 is 11.3 Å². The molecule has 9 nitrogen and oxygen atoms in total. The van der Waals surface area contributed by atoms with Gasteiger partial charge in [0, 0.05) is 6.92 Å². The van der Waals surface area contributed by atoms with Crippen LogP contribution in [0, 0.1) is 0 Å². The molecule has 3 aromatic rings. The van der Waals surface area contributed by atoms with Crippen LogP contribution in [0.2, 0.25) is 0 Å². The Balaban J connectivity index is 1.87. The highest BCUT2D eigenvalue weighted by Gasteiger charge is 2.33. The van der Waals surface area contributed by atoms with Crippen LogP contribution in [-0.4, -0.2) is 36.8 Å². The van der Waals surface area contributed by atoms with E-state index < -0.39 is 18.0 Å². The minimum atomic E-state index is -0.719. The maximum absolute atomic E-state index is 13.8. The highest BCUT2D eigenvalue weighted by Crippen LogP contribution is 2.32. The molecule has 0 aliphatic carbocycles. The number of benzene rings is 2. The number of methoxy groups -OCH3 is 1. The quantitative estimate of drug-likeness (QED) is 0.322. The lowest BCUT2D eigenvalue weighted by Gasteiger charge is -2.24. The molecule has 0 fully saturated rings. The Kier molecular flexibility index (Phi) is 8.11. The molecule has 1 atom stereocenters. The van der Waals surface area contributed by atoms with Crippen LogP contribution in [0.5, 0.6) is 17.2 Å². The van der Waals surface area contributed by atoms with Crippen molar-refractivity contribution in [2.24, 2.45) is 4.99 Å². The fourth-order valence-corrected chi connectivity index (χ4v) is 5.23. The molecule has 1 aliphatic rings. The van der Waals surface area contributed by atoms with Gasteiger partial charge in [-0.25, -0.2) is 9.79 Å². The smallest absolute Gasteiger partial charge is 0.338 e. The number of rotatable bonds is 8. The van der Waals surface area contributed by atoms with Crippen LogP contribution in [0.15, 0.2) is 63.5 Å². The summed E-state index contributed by atoms with van der Waals surface area (Å²) in [4.78, 5) is 43.2. The maximum Gasteiger partial charge on any atom is 0.338 e. The van der Waals surface area contributed by atoms with E-state index in [9.17, 15) is 14.4 Å². The zero-order valence-corrected chi connectivity index (χ0v) is 22.6. The van der Waals surface area contributed by atoms with Crippen LogP contribution < -0.4 is 29.1 Å². The molecule has 0 saturated heterocycles. The third-order valence-electron chi connectivity index (χ3n) is 5.76. The van der Waals surface area contributed by atoms with Crippen LogP contribution in [0.3, 0.4) is 0 Å². The molecule has 1 aliphatic heterocycles. The van der Waals surface area contributed by atoms with Crippen molar-refractivity contribution in [1.82, 2.24) is 4.57 Å². The van der Waals surface area contributed by atoms with Gasteiger partial charge in [-0.05, 0) is 62.2 Å². The van der Waals surface area contributed by atoms with E-state index in [0.717, 1.165) is 5.56 Å². The molecular weight excluding hydrogens is 508 g/mol. The maximum atomic E-state index is 13.8. The summed E-state index contributed by atoms with van der Waals surface area (Å²) in [5.41, 5.74) is 1.89. The van der Waals surface area contributed by atoms with E-state index in [-0.39, 0.29) is 17.9 Å². The van der Waals surface area contributed by atoms with Crippen molar-refractivity contribution in [3.8, 4) is 17.2 Å². The van der Waals surface area contributed by atoms with Crippen molar-refractivity contribution < 1.29 is 28.5 Å². The SMILES string of the molecule is CCOC(=O)C1=C(C)N=c2sc(=Cc3ccc(OC(C)=O)c(OC)c3)c(=O)n2C1c1ccc(OCC)cc1. The van der Waals surface area contributed by atoms with Crippen molar-refractivity contribution in [3.63, 3.8) is 0 Å². The molecule has 4 rings (SSSR count). The van der Waals surface area contributed by atoms with Gasteiger partial charge in [0.05, 0.1) is 42.2 Å². The molecule has 0 spiro atoms. The number of thiazole rings is 1. The van der Waals surface area contributed by atoms with Gasteiger partial charge >= 0.3 is 11.9 Å². The Morgan fingerprint density at radius 2 is 1.82 bits per heavy atom. The predicted octanol–water partition coefficient (Wildman–Crippen LogP) is 3.13. The highest BCUT2D eigenvalue weighted by molar-refractivity contribution is 7.07. The Morgan fingerprint density at radius 3 is 2.45 bits per heavy atom. The first-order valence-electron chi connectivity index (χ1n) is 12.1. The summed E-state index contributed by atoms with van der Waals surface area (Å²) >= 11 is 1.22. The number of nitrogens with zero attached hydrogens (tertiary/aromatic N) is 2. The first kappa shape index (κ1) is 26.9. The molecule has 0 saturated carbocycles. The monoisotopic (exact) mass is 536 g/mol. The fraction of sp³-hybridized carbons (Fsp3) is 0.286. The Hall–Kier alpha value is -4.18. The van der Waals surface area contributed by atoms with Crippen LogP contribution in [-0.2, 0) is 14.3 Å². The van der Waals surface area contributed by atoms with Gasteiger partial charge in [0.25, 0.3) is 5.56 Å². The van der Waals surface area contributed by atoms with Gasteiger partial charge in [0.15, 0.2) is 16.3 Å². The van der Waals surface area contributed by atoms with E-state index in [4.69, 9.17) is 18.9 Å². The molecule has 0 N–H and O–H groups in total. The van der Waals surface area contributed by atoms with E-state index in [1.807, 2.05) is 31.2 Å². The van der Waals surface area contributed by atoms with E-state index in [0.29, 0.717) is 44.3 Å². The number of aromatic nitrogens is 1. The molecule has 0 bridgehead atoms. The summed E-state index contributed by atoms with van der Waals surface area (Å²) in [5, 5.41) is 0. The van der Waals surface area contributed by atoms with Gasteiger partial charge in [-0.15, -0.1) is 0 Å². The standard InChI is InChI=1S/C28H28N2O7S/c1-6-35-20-11-9-19(10-12-20)25-24(27(33)36-7-2)16(3)29-28-30(25)26(32)23(38-28)15-18-8-13-21(37-17(4)31)22(14-18)34-5/h8-15,25H,6-7H2,1-5H3. The highest BCUT2D eigenvalue weighted by atomic mass is 32.1. The summed E-state index contributed by atoms with van der Waals surface area (Å²) in [6.45, 7) is 7.40. The molecule has 2 heterocycles. The number of fused-ring (bicyclic) bond motifs is 1. The van der Waals surface area contributed by atoms with Gasteiger partial charge < -0.3 is 18.9 Å². The Labute approximate surface area is 223 Å². The molecule has 1 unspecified atom stereocenters. The number of esters is 2. The van der Waals surface area contributed by atoms with Crippen molar-refractivity contribution >= 4 is 29.4 Å². The first-order chi connectivity index (χ1) is 18.3. The van der Waals surface area contributed by atoms with Gasteiger partial charge in [0.2, 0.25) is 0 Å². The third-order valence-corrected chi connectivity index (χ3v) is 6.75. The predicted molar refractivity (Wildman–Crippen MR) is 142 cm³/mol. The number of hydrogen-bond donors (Lipinski definition) is 0. The second-order valence-corrected chi connectivity index (χ2v) is 9.32. The number of hydrogen-bond acceptors (Lipinski definition) is 9. The van der Waals surface area contributed by atoms with Crippen molar-refractivity contribution in [2.45, 2.75) is 33.7 Å². The molecule has 2 aromatic carbocycles. The molecule has 1 aromatic heterocycles. The summed E-state index contributed by atoms with van der Waals surface area (Å²) in [6.07, 6.45) is 1.71. The largest absolute Gasteiger partial charge is 0.494 e. The zero-order chi connectivity index (χ0) is 27.4. The minimum absolute atomic E-state index is 0.196. The second kappa shape index (κ2) is 11.5. The summed E-state index contributed by atoms with van der Waals surface area (Å²) in [5.74, 6) is 0.338. The lowest BCUT2D eigenvalue weighted by molar-refractivity contribution is -0.139. The van der Waals surface area contributed by atoms with Gasteiger partial charge in [-0.3, -0.25) is 14.2 Å². The number of carbonyl (C=O) groups is 2. The lowest BCUT2D eigenvalue weighted by atomic mass is 9.96. The van der Waals surface area contributed by atoms with Gasteiger partial charge in [-0.1, -0.05) is 29.5 Å². The fourth-order valence-electron chi connectivity index (χ4n) is 4.18. The molecule has 38 heavy (non-hydrogen) atoms. The molecule has 0 radical (unpaired) electrons. The van der Waals surface area contributed by atoms with E-state index >= 15 is 0 Å². The zero-order valence-electron chi connectivity index (χ0n) is 21.8. The normalized spacial score (nSPS) is 15.0. The van der Waals surface area contributed by atoms with Crippen LogP contribution in [0.4, 0.5) is 0 Å². The molecule has 0 amide bonds. The number of allylic oxidation sites excluding steroid dienone is 1. The third kappa shape index (κ3) is 5.40. The van der Waals surface area contributed by atoms with Crippen molar-refractivity contribution in [2.75, 3.05) is 20.3 Å². The van der Waals surface area contributed by atoms with E-state index in [1.54, 1.807) is 38.1 Å². The second-order valence-electron chi connectivity index (χ2n) is 8.31. The summed E-state index contributed by atoms with van der Waals surface area (Å²) < 4.78 is 23.4. The molecule has 198 valence electrons. The van der Waals surface area contributed by atoms with Crippen molar-refractivity contribution in [3.05, 3.63) is 84.5 Å². The van der Waals surface area contributed by atoms with E-state index in [1.165, 1.54) is 29.9 Å². The Bertz CT molecular complexity index is 1580. The van der Waals surface area contributed by atoms with Gasteiger partial charge in [-0.2, -0.15) is 0 Å². The van der Waals surface area contributed by atoms with Gasteiger partial charge in [0.1, 0.15) is 5.75 Å². The van der Waals surface area contributed by atoms with Crippen molar-refractivity contribution in [1.29, 1.82) is 0 Å². The topological polar surface area (TPSA) is 105 Å². The number of ether oxygens (including phenoxy) is 4. The summed E-state index contributed by atoms with van der Waals surface area (Å²) in [6, 6.07) is 11.6. The first-order valence-corrected chi connectivity index (χ1v) is 12.9. The molecule has 10 heteroatoms. The lowest BCUT2D eigenvalue weighted by Crippen LogP contribution is -2.39. The average molecular weight is 537 g/mol. The van der Waals surface area contributed by atoms with Crippen LogP contribution in [0.1, 0.15) is 44.9 Å².